The van der Waals surface area contributed by atoms with E-state index in [1.165, 1.54) is 6.42 Å². The van der Waals surface area contributed by atoms with Crippen molar-refractivity contribution in [1.29, 1.82) is 0 Å². The maximum atomic E-state index is 12.1. The van der Waals surface area contributed by atoms with Crippen LogP contribution in [0.5, 0.6) is 0 Å². The van der Waals surface area contributed by atoms with Gasteiger partial charge in [0.1, 0.15) is 0 Å². The molecule has 92 valence electrons. The summed E-state index contributed by atoms with van der Waals surface area (Å²) in [5.41, 5.74) is 2.19. The predicted molar refractivity (Wildman–Crippen MR) is 70.3 cm³/mol. The van der Waals surface area contributed by atoms with Crippen LogP contribution in [0, 0.1) is 6.92 Å². The minimum Gasteiger partial charge on any atom is -0.342 e. The third-order valence-corrected chi connectivity index (χ3v) is 3.59. The fourth-order valence-corrected chi connectivity index (χ4v) is 2.50. The van der Waals surface area contributed by atoms with Crippen LogP contribution >= 0.6 is 11.6 Å². The maximum Gasteiger partial charge on any atom is 0.226 e. The summed E-state index contributed by atoms with van der Waals surface area (Å²) in [4.78, 5) is 14.1. The van der Waals surface area contributed by atoms with Gasteiger partial charge in [0, 0.05) is 18.1 Å². The minimum atomic E-state index is 0.245. The second-order valence-electron chi connectivity index (χ2n) is 4.69. The zero-order valence-electron chi connectivity index (χ0n) is 10.2. The number of amides is 1. The number of carbonyl (C=O) groups excluding carboxylic acids is 1. The van der Waals surface area contributed by atoms with Crippen LogP contribution in [0.1, 0.15) is 30.4 Å². The van der Waals surface area contributed by atoms with E-state index >= 15 is 0 Å². The van der Waals surface area contributed by atoms with Crippen molar-refractivity contribution >= 4 is 17.5 Å². The first-order valence-electron chi connectivity index (χ1n) is 6.19. The van der Waals surface area contributed by atoms with Crippen LogP contribution < -0.4 is 0 Å². The number of nitrogens with zero attached hydrogens (tertiary/aromatic N) is 1. The van der Waals surface area contributed by atoms with Gasteiger partial charge in [0.05, 0.1) is 6.42 Å². The summed E-state index contributed by atoms with van der Waals surface area (Å²) < 4.78 is 0. The Kier molecular flexibility index (Phi) is 4.06. The SMILES string of the molecule is Cc1cc(Cl)ccc1CC(=O)N1CCCCC1. The van der Waals surface area contributed by atoms with Gasteiger partial charge < -0.3 is 4.90 Å². The summed E-state index contributed by atoms with van der Waals surface area (Å²) in [6, 6.07) is 5.73. The van der Waals surface area contributed by atoms with Gasteiger partial charge in [0.2, 0.25) is 5.91 Å². The smallest absolute Gasteiger partial charge is 0.226 e. The molecule has 1 saturated heterocycles. The van der Waals surface area contributed by atoms with Gasteiger partial charge in [-0.3, -0.25) is 4.79 Å². The molecule has 0 aliphatic carbocycles. The summed E-state index contributed by atoms with van der Waals surface area (Å²) in [5, 5.41) is 0.733. The summed E-state index contributed by atoms with van der Waals surface area (Å²) in [6.07, 6.45) is 4.05. The summed E-state index contributed by atoms with van der Waals surface area (Å²) in [7, 11) is 0. The second kappa shape index (κ2) is 5.54. The molecule has 0 aromatic heterocycles. The molecule has 1 aromatic carbocycles. The van der Waals surface area contributed by atoms with E-state index in [-0.39, 0.29) is 5.91 Å². The van der Waals surface area contributed by atoms with Crippen molar-refractivity contribution in [3.05, 3.63) is 34.3 Å². The molecule has 1 heterocycles. The monoisotopic (exact) mass is 251 g/mol. The number of hydrogen-bond donors (Lipinski definition) is 0. The molecular formula is C14H18ClNO. The number of likely N-dealkylation sites (tertiary alicyclic amines) is 1. The van der Waals surface area contributed by atoms with E-state index < -0.39 is 0 Å². The molecule has 0 spiro atoms. The highest BCUT2D eigenvalue weighted by Gasteiger charge is 2.17. The third-order valence-electron chi connectivity index (χ3n) is 3.36. The summed E-state index contributed by atoms with van der Waals surface area (Å²) in [5.74, 6) is 0.245. The lowest BCUT2D eigenvalue weighted by Gasteiger charge is -2.27. The Hall–Kier alpha value is -1.02. The predicted octanol–water partition coefficient (Wildman–Crippen LogP) is 3.20. The number of piperidine rings is 1. The molecule has 0 atom stereocenters. The number of rotatable bonds is 2. The van der Waals surface area contributed by atoms with Crippen molar-refractivity contribution in [3.63, 3.8) is 0 Å². The average Bonchev–Trinajstić information content (AvgIpc) is 2.34. The van der Waals surface area contributed by atoms with Gasteiger partial charge in [0.15, 0.2) is 0 Å². The van der Waals surface area contributed by atoms with Crippen molar-refractivity contribution in [3.8, 4) is 0 Å². The second-order valence-corrected chi connectivity index (χ2v) is 5.13. The van der Waals surface area contributed by atoms with Gasteiger partial charge >= 0.3 is 0 Å². The normalized spacial score (nSPS) is 16.0. The van der Waals surface area contributed by atoms with Crippen molar-refractivity contribution in [2.75, 3.05) is 13.1 Å². The van der Waals surface area contributed by atoms with Gasteiger partial charge in [-0.05, 0) is 49.4 Å². The van der Waals surface area contributed by atoms with Crippen LogP contribution in [-0.4, -0.2) is 23.9 Å². The van der Waals surface area contributed by atoms with E-state index in [4.69, 9.17) is 11.6 Å². The molecule has 0 unspecified atom stereocenters. The Morgan fingerprint density at radius 3 is 2.65 bits per heavy atom. The molecule has 0 radical (unpaired) electrons. The molecular weight excluding hydrogens is 234 g/mol. The average molecular weight is 252 g/mol. The molecule has 3 heteroatoms. The van der Waals surface area contributed by atoms with Crippen LogP contribution in [0.4, 0.5) is 0 Å². The zero-order valence-corrected chi connectivity index (χ0v) is 11.0. The Bertz CT molecular complexity index is 411. The first kappa shape index (κ1) is 12.4. The molecule has 0 N–H and O–H groups in total. The Labute approximate surface area is 108 Å². The highest BCUT2D eigenvalue weighted by molar-refractivity contribution is 6.30. The molecule has 0 bridgehead atoms. The third kappa shape index (κ3) is 3.22. The molecule has 1 aliphatic heterocycles. The molecule has 1 fully saturated rings. The number of halogens is 1. The van der Waals surface area contributed by atoms with Crippen LogP contribution in [0.15, 0.2) is 18.2 Å². The zero-order chi connectivity index (χ0) is 12.3. The van der Waals surface area contributed by atoms with Crippen molar-refractivity contribution in [1.82, 2.24) is 4.90 Å². The van der Waals surface area contributed by atoms with Gasteiger partial charge in [0.25, 0.3) is 0 Å². The number of benzene rings is 1. The quantitative estimate of drug-likeness (QED) is 0.791. The van der Waals surface area contributed by atoms with E-state index in [0.717, 1.165) is 42.1 Å². The van der Waals surface area contributed by atoms with E-state index in [1.54, 1.807) is 0 Å². The standard InChI is InChI=1S/C14H18ClNO/c1-11-9-13(15)6-5-12(11)10-14(17)16-7-3-2-4-8-16/h5-6,9H,2-4,7-8,10H2,1H3. The lowest BCUT2D eigenvalue weighted by atomic mass is 10.0. The first-order chi connectivity index (χ1) is 8.16. The largest absolute Gasteiger partial charge is 0.342 e. The number of aryl methyl sites for hydroxylation is 1. The molecule has 2 nitrogen and oxygen atoms in total. The molecule has 0 saturated carbocycles. The fraction of sp³-hybridized carbons (Fsp3) is 0.500. The summed E-state index contributed by atoms with van der Waals surface area (Å²) in [6.45, 7) is 3.85. The topological polar surface area (TPSA) is 20.3 Å². The van der Waals surface area contributed by atoms with E-state index in [9.17, 15) is 4.79 Å². The minimum absolute atomic E-state index is 0.245. The molecule has 2 rings (SSSR count). The van der Waals surface area contributed by atoms with Crippen LogP contribution in [0.3, 0.4) is 0 Å². The number of carbonyl (C=O) groups is 1. The van der Waals surface area contributed by atoms with Gasteiger partial charge in [-0.1, -0.05) is 17.7 Å². The molecule has 1 aromatic rings. The van der Waals surface area contributed by atoms with Crippen LogP contribution in [0.2, 0.25) is 5.02 Å². The van der Waals surface area contributed by atoms with Gasteiger partial charge in [-0.15, -0.1) is 0 Å². The molecule has 17 heavy (non-hydrogen) atoms. The maximum absolute atomic E-state index is 12.1. The van der Waals surface area contributed by atoms with Crippen molar-refractivity contribution in [2.24, 2.45) is 0 Å². The Morgan fingerprint density at radius 2 is 2.00 bits per heavy atom. The first-order valence-corrected chi connectivity index (χ1v) is 6.57. The van der Waals surface area contributed by atoms with Crippen LogP contribution in [-0.2, 0) is 11.2 Å². The Morgan fingerprint density at radius 1 is 1.29 bits per heavy atom. The highest BCUT2D eigenvalue weighted by atomic mass is 35.5. The van der Waals surface area contributed by atoms with Gasteiger partial charge in [-0.25, -0.2) is 0 Å². The van der Waals surface area contributed by atoms with Crippen molar-refractivity contribution in [2.45, 2.75) is 32.6 Å². The lowest BCUT2D eigenvalue weighted by molar-refractivity contribution is -0.131. The number of hydrogen-bond acceptors (Lipinski definition) is 1. The molecule has 1 aliphatic rings. The highest BCUT2D eigenvalue weighted by Crippen LogP contribution is 2.17. The molecule has 1 amide bonds. The van der Waals surface area contributed by atoms with Gasteiger partial charge in [-0.2, -0.15) is 0 Å². The van der Waals surface area contributed by atoms with E-state index in [0.29, 0.717) is 6.42 Å². The fourth-order valence-electron chi connectivity index (χ4n) is 2.28. The van der Waals surface area contributed by atoms with E-state index in [2.05, 4.69) is 0 Å². The lowest BCUT2D eigenvalue weighted by Crippen LogP contribution is -2.36. The Balaban J connectivity index is 2.02. The summed E-state index contributed by atoms with van der Waals surface area (Å²) >= 11 is 5.91. The van der Waals surface area contributed by atoms with Crippen LogP contribution in [0.25, 0.3) is 0 Å². The van der Waals surface area contributed by atoms with E-state index in [1.807, 2.05) is 30.0 Å². The van der Waals surface area contributed by atoms with Crippen molar-refractivity contribution < 1.29 is 4.79 Å².